The van der Waals surface area contributed by atoms with Gasteiger partial charge in [-0.25, -0.2) is 9.69 Å². The SMILES string of the molecule is O=C(O)CCCCCCCCCC(=O)O.[C-]#[N+]c1cccc(-c2ccc(O)cc2)c1.[C-]#[N+]c1cccc(-c2ccc(OC(=O)CCCCCCCCCC(=O)Oc3ccc(-c4cccc(C#N)c4)cc3)cc2)c1. The molecule has 0 amide bonds. The molecule has 73 heavy (non-hydrogen) atoms. The summed E-state index contributed by atoms with van der Waals surface area (Å²) in [5.74, 6) is -0.629. The zero-order valence-electron chi connectivity index (χ0n) is 41.2. The molecule has 0 aliphatic carbocycles. The summed E-state index contributed by atoms with van der Waals surface area (Å²) >= 11 is 0. The summed E-state index contributed by atoms with van der Waals surface area (Å²) in [6, 6.07) is 46.0. The molecule has 6 aromatic rings. The first-order valence-electron chi connectivity index (χ1n) is 24.8. The van der Waals surface area contributed by atoms with E-state index in [1.54, 1.807) is 54.6 Å². The first kappa shape index (κ1) is 57.1. The number of carboxylic acids is 2. The molecule has 0 heterocycles. The number of phenols is 1. The predicted molar refractivity (Wildman–Crippen MR) is 284 cm³/mol. The Hall–Kier alpha value is -8.53. The molecule has 0 aliphatic heterocycles. The molecule has 0 atom stereocenters. The molecule has 0 fully saturated rings. The Bertz CT molecular complexity index is 2640. The van der Waals surface area contributed by atoms with Gasteiger partial charge in [-0.15, -0.1) is 0 Å². The summed E-state index contributed by atoms with van der Waals surface area (Å²) in [5.41, 5.74) is 7.63. The van der Waals surface area contributed by atoms with Gasteiger partial charge in [0.25, 0.3) is 0 Å². The fourth-order valence-electron chi connectivity index (χ4n) is 7.59. The third-order valence-corrected chi connectivity index (χ3v) is 11.5. The first-order chi connectivity index (χ1) is 35.5. The van der Waals surface area contributed by atoms with Crippen molar-refractivity contribution in [1.82, 2.24) is 0 Å². The summed E-state index contributed by atoms with van der Waals surface area (Å²) in [4.78, 5) is 51.6. The minimum Gasteiger partial charge on any atom is -0.508 e. The highest BCUT2D eigenvalue weighted by molar-refractivity contribution is 5.75. The van der Waals surface area contributed by atoms with Crippen molar-refractivity contribution in [2.24, 2.45) is 0 Å². The maximum atomic E-state index is 12.2. The maximum Gasteiger partial charge on any atom is 0.311 e. The standard InChI is InChI=1S/C37H34N2O4.C13H9NO.C11H20O4/c1-39-33-14-10-13-32(26-33)30-19-23-35(24-20-30)43-37(41)16-8-6-4-2-3-5-7-15-36(40)42-34-21-17-29(18-22-34)31-12-9-11-28(25-31)27-38;1-14-12-4-2-3-11(9-12)10-5-7-13(15)8-6-10;12-10(13)8-6-4-2-1-3-5-7-9-11(14)15/h9-14,17-26H,2-8,15-16H2;2-9,15H;1-9H2,(H,12,13)(H,14,15). The fraction of sp³-hybridized carbons (Fsp3) is 0.295. The average Bonchev–Trinajstić information content (AvgIpc) is 3.40. The summed E-state index contributed by atoms with van der Waals surface area (Å²) in [7, 11) is 0. The van der Waals surface area contributed by atoms with Crippen LogP contribution in [0.4, 0.5) is 11.4 Å². The average molecular weight is 982 g/mol. The third kappa shape index (κ3) is 23.3. The summed E-state index contributed by atoms with van der Waals surface area (Å²) in [6.45, 7) is 14.1. The number of nitriles is 1. The molecule has 0 aromatic heterocycles. The number of carbonyl (C=O) groups is 4. The van der Waals surface area contributed by atoms with Crippen LogP contribution >= 0.6 is 0 Å². The van der Waals surface area contributed by atoms with E-state index in [0.29, 0.717) is 41.3 Å². The van der Waals surface area contributed by atoms with Gasteiger partial charge in [-0.1, -0.05) is 149 Å². The van der Waals surface area contributed by atoms with Crippen LogP contribution in [-0.2, 0) is 19.2 Å². The van der Waals surface area contributed by atoms with E-state index < -0.39 is 11.9 Å². The number of hydrogen-bond acceptors (Lipinski definition) is 8. The van der Waals surface area contributed by atoms with Crippen LogP contribution in [0.5, 0.6) is 17.2 Å². The van der Waals surface area contributed by atoms with Gasteiger partial charge < -0.3 is 24.8 Å². The Labute approximate surface area is 429 Å². The van der Waals surface area contributed by atoms with Gasteiger partial charge in [0.05, 0.1) is 24.8 Å². The Kier molecular flexibility index (Phi) is 25.9. The van der Waals surface area contributed by atoms with E-state index in [2.05, 4.69) is 15.8 Å². The van der Waals surface area contributed by atoms with E-state index >= 15 is 0 Å². The molecule has 0 bridgehead atoms. The van der Waals surface area contributed by atoms with Crippen LogP contribution in [0, 0.1) is 24.5 Å². The van der Waals surface area contributed by atoms with E-state index in [4.69, 9.17) is 43.2 Å². The van der Waals surface area contributed by atoms with E-state index in [9.17, 15) is 19.2 Å². The fourth-order valence-corrected chi connectivity index (χ4v) is 7.59. The number of rotatable bonds is 25. The van der Waals surface area contributed by atoms with Gasteiger partial charge in [-0.3, -0.25) is 19.2 Å². The number of aliphatic carboxylic acids is 2. The smallest absolute Gasteiger partial charge is 0.311 e. The maximum absolute atomic E-state index is 12.2. The van der Waals surface area contributed by atoms with E-state index in [0.717, 1.165) is 123 Å². The van der Waals surface area contributed by atoms with Crippen molar-refractivity contribution < 1.29 is 44.0 Å². The molecule has 12 nitrogen and oxygen atoms in total. The second kappa shape index (κ2) is 33.1. The number of ether oxygens (including phenoxy) is 2. The Morgan fingerprint density at radius 3 is 1.11 bits per heavy atom. The van der Waals surface area contributed by atoms with Crippen LogP contribution < -0.4 is 9.47 Å². The zero-order chi connectivity index (χ0) is 52.5. The number of phenolic OH excluding ortho intramolecular Hbond substituents is 1. The molecule has 0 saturated carbocycles. The van der Waals surface area contributed by atoms with E-state index in [1.165, 1.54) is 0 Å². The minimum atomic E-state index is -0.726. The number of carbonyl (C=O) groups excluding carboxylic acids is 2. The van der Waals surface area contributed by atoms with E-state index in [-0.39, 0.29) is 30.5 Å². The molecular formula is C61H63N3O9. The van der Waals surface area contributed by atoms with Gasteiger partial charge in [0.2, 0.25) is 0 Å². The lowest BCUT2D eigenvalue weighted by molar-refractivity contribution is -0.138. The van der Waals surface area contributed by atoms with Crippen molar-refractivity contribution in [2.45, 2.75) is 116 Å². The molecule has 0 saturated heterocycles. The lowest BCUT2D eigenvalue weighted by atomic mass is 10.0. The summed E-state index contributed by atoms with van der Waals surface area (Å²) in [5, 5.41) is 35.0. The number of nitrogens with zero attached hydrogens (tertiary/aromatic N) is 3. The van der Waals surface area contributed by atoms with Crippen LogP contribution in [0.3, 0.4) is 0 Å². The van der Waals surface area contributed by atoms with Crippen LogP contribution in [-0.4, -0.2) is 39.2 Å². The normalized spacial score (nSPS) is 10.2. The third-order valence-electron chi connectivity index (χ3n) is 11.5. The van der Waals surface area contributed by atoms with Crippen molar-refractivity contribution in [1.29, 1.82) is 5.26 Å². The number of unbranched alkanes of at least 4 members (excludes halogenated alkanes) is 12. The highest BCUT2D eigenvalue weighted by Crippen LogP contribution is 2.28. The van der Waals surface area contributed by atoms with Crippen LogP contribution in [0.1, 0.15) is 121 Å². The Balaban J connectivity index is 0.000000312. The molecule has 12 heteroatoms. The topological polar surface area (TPSA) is 180 Å². The number of benzene rings is 6. The van der Waals surface area contributed by atoms with Crippen molar-refractivity contribution in [3.63, 3.8) is 0 Å². The highest BCUT2D eigenvalue weighted by atomic mass is 16.5. The van der Waals surface area contributed by atoms with Gasteiger partial charge in [0.15, 0.2) is 11.4 Å². The van der Waals surface area contributed by atoms with Crippen molar-refractivity contribution in [3.8, 4) is 56.7 Å². The number of carboxylic acid groups (broad SMARTS) is 2. The van der Waals surface area contributed by atoms with E-state index in [1.807, 2.05) is 91.0 Å². The zero-order valence-corrected chi connectivity index (χ0v) is 41.2. The van der Waals surface area contributed by atoms with Crippen molar-refractivity contribution in [3.05, 3.63) is 174 Å². The summed E-state index contributed by atoms with van der Waals surface area (Å²) in [6.07, 6.45) is 14.6. The van der Waals surface area contributed by atoms with Gasteiger partial charge in [-0.05, 0) is 120 Å². The number of esters is 2. The Morgan fingerprint density at radius 1 is 0.425 bits per heavy atom. The second-order valence-corrected chi connectivity index (χ2v) is 17.3. The van der Waals surface area contributed by atoms with Crippen molar-refractivity contribution >= 4 is 35.3 Å². The summed E-state index contributed by atoms with van der Waals surface area (Å²) < 4.78 is 10.9. The molecule has 0 spiro atoms. The monoisotopic (exact) mass is 981 g/mol. The quantitative estimate of drug-likeness (QED) is 0.0216. The molecular weight excluding hydrogens is 919 g/mol. The lowest BCUT2D eigenvalue weighted by Crippen LogP contribution is -2.07. The van der Waals surface area contributed by atoms with Crippen molar-refractivity contribution in [2.75, 3.05) is 0 Å². The van der Waals surface area contributed by atoms with Gasteiger partial charge >= 0.3 is 23.9 Å². The Morgan fingerprint density at radius 2 is 0.753 bits per heavy atom. The molecule has 0 radical (unpaired) electrons. The van der Waals surface area contributed by atoms with Crippen LogP contribution in [0.25, 0.3) is 43.1 Å². The van der Waals surface area contributed by atoms with Crippen LogP contribution in [0.2, 0.25) is 0 Å². The molecule has 0 unspecified atom stereocenters. The van der Waals surface area contributed by atoms with Gasteiger partial charge in [-0.2, -0.15) is 5.26 Å². The number of hydrogen-bond donors (Lipinski definition) is 3. The van der Waals surface area contributed by atoms with Crippen LogP contribution in [0.15, 0.2) is 146 Å². The predicted octanol–water partition coefficient (Wildman–Crippen LogP) is 15.7. The molecule has 6 aromatic carbocycles. The molecule has 6 rings (SSSR count). The van der Waals surface area contributed by atoms with Gasteiger partial charge in [0, 0.05) is 25.7 Å². The second-order valence-electron chi connectivity index (χ2n) is 17.3. The molecule has 376 valence electrons. The minimum absolute atomic E-state index is 0.232. The number of aromatic hydroxyl groups is 1. The molecule has 0 aliphatic rings. The first-order valence-corrected chi connectivity index (χ1v) is 24.8. The lowest BCUT2D eigenvalue weighted by Gasteiger charge is -2.07. The van der Waals surface area contributed by atoms with Gasteiger partial charge in [0.1, 0.15) is 17.2 Å². The largest absolute Gasteiger partial charge is 0.508 e. The highest BCUT2D eigenvalue weighted by Gasteiger charge is 2.09. The molecule has 3 N–H and O–H groups in total.